The third-order valence-corrected chi connectivity index (χ3v) is 5.13. The molecule has 2 aromatic carbocycles. The minimum Gasteiger partial charge on any atom is -0.497 e. The van der Waals surface area contributed by atoms with Crippen LogP contribution in [0.4, 0.5) is 11.5 Å². The van der Waals surface area contributed by atoms with Crippen molar-refractivity contribution in [3.63, 3.8) is 0 Å². The summed E-state index contributed by atoms with van der Waals surface area (Å²) in [5.41, 5.74) is 7.50. The molecule has 2 aromatic heterocycles. The van der Waals surface area contributed by atoms with Gasteiger partial charge in [-0.15, -0.1) is 11.3 Å². The van der Waals surface area contributed by atoms with E-state index < -0.39 is 5.91 Å². The van der Waals surface area contributed by atoms with Crippen LogP contribution in [0.2, 0.25) is 0 Å². The molecule has 0 atom stereocenters. The second-order valence-electron chi connectivity index (χ2n) is 5.60. The summed E-state index contributed by atoms with van der Waals surface area (Å²) in [6, 6.07) is 9.08. The van der Waals surface area contributed by atoms with Gasteiger partial charge in [0.1, 0.15) is 23.6 Å². The molecule has 0 saturated heterocycles. The molecule has 0 bridgehead atoms. The van der Waals surface area contributed by atoms with E-state index in [1.54, 1.807) is 20.3 Å². The summed E-state index contributed by atoms with van der Waals surface area (Å²) in [4.78, 5) is 24.5. The molecule has 4 aromatic rings. The molecule has 4 rings (SSSR count). The quantitative estimate of drug-likeness (QED) is 0.546. The van der Waals surface area contributed by atoms with Crippen LogP contribution >= 0.6 is 11.3 Å². The number of ether oxygens (including phenoxy) is 2. The summed E-state index contributed by atoms with van der Waals surface area (Å²) in [5.74, 6) is 1.30. The molecule has 0 aliphatic rings. The number of carbonyl (C=O) groups is 1. The van der Waals surface area contributed by atoms with E-state index in [4.69, 9.17) is 15.2 Å². The van der Waals surface area contributed by atoms with Crippen LogP contribution in [-0.2, 0) is 0 Å². The van der Waals surface area contributed by atoms with Crippen molar-refractivity contribution < 1.29 is 14.3 Å². The number of anilines is 2. The smallest absolute Gasteiger partial charge is 0.277 e. The molecule has 9 heteroatoms. The average Bonchev–Trinajstić information content (AvgIpc) is 3.13. The Morgan fingerprint density at radius 1 is 1.11 bits per heavy atom. The third kappa shape index (κ3) is 2.97. The maximum atomic E-state index is 11.5. The molecule has 3 N–H and O–H groups in total. The summed E-state index contributed by atoms with van der Waals surface area (Å²) in [7, 11) is 3.18. The van der Waals surface area contributed by atoms with Gasteiger partial charge in [0.2, 0.25) is 0 Å². The number of hydrogen-bond acceptors (Lipinski definition) is 8. The SMILES string of the molecule is COc1ccc(Nc2ncnc3ccc4nc(C(N)=O)sc4c23)c(OC)c1. The van der Waals surface area contributed by atoms with Gasteiger partial charge >= 0.3 is 0 Å². The lowest BCUT2D eigenvalue weighted by Gasteiger charge is -2.13. The summed E-state index contributed by atoms with van der Waals surface area (Å²) in [6.07, 6.45) is 1.47. The average molecular weight is 381 g/mol. The second-order valence-corrected chi connectivity index (χ2v) is 6.60. The van der Waals surface area contributed by atoms with Crippen molar-refractivity contribution in [2.45, 2.75) is 0 Å². The number of fused-ring (bicyclic) bond motifs is 3. The molecule has 2 heterocycles. The third-order valence-electron chi connectivity index (χ3n) is 4.03. The molecule has 0 spiro atoms. The minimum atomic E-state index is -0.562. The van der Waals surface area contributed by atoms with Crippen LogP contribution in [0.15, 0.2) is 36.7 Å². The first-order chi connectivity index (χ1) is 13.1. The van der Waals surface area contributed by atoms with Crippen LogP contribution in [0.5, 0.6) is 11.5 Å². The fourth-order valence-corrected chi connectivity index (χ4v) is 3.72. The van der Waals surface area contributed by atoms with Crippen molar-refractivity contribution in [3.05, 3.63) is 41.7 Å². The normalized spacial score (nSPS) is 10.9. The van der Waals surface area contributed by atoms with Crippen molar-refractivity contribution in [1.29, 1.82) is 0 Å². The molecule has 8 nitrogen and oxygen atoms in total. The van der Waals surface area contributed by atoms with Gasteiger partial charge in [0, 0.05) is 6.07 Å². The lowest BCUT2D eigenvalue weighted by molar-refractivity contribution is 0.1000. The molecule has 0 radical (unpaired) electrons. The van der Waals surface area contributed by atoms with E-state index in [1.807, 2.05) is 24.3 Å². The molecular weight excluding hydrogens is 366 g/mol. The highest BCUT2D eigenvalue weighted by atomic mass is 32.1. The maximum absolute atomic E-state index is 11.5. The van der Waals surface area contributed by atoms with Crippen molar-refractivity contribution in [2.75, 3.05) is 19.5 Å². The van der Waals surface area contributed by atoms with Crippen molar-refractivity contribution >= 4 is 49.9 Å². The zero-order valence-electron chi connectivity index (χ0n) is 14.5. The number of thiazole rings is 1. The van der Waals surface area contributed by atoms with E-state index in [-0.39, 0.29) is 5.01 Å². The summed E-state index contributed by atoms with van der Waals surface area (Å²) < 4.78 is 11.5. The minimum absolute atomic E-state index is 0.245. The fourth-order valence-electron chi connectivity index (χ4n) is 2.76. The van der Waals surface area contributed by atoms with Gasteiger partial charge in [-0.3, -0.25) is 4.79 Å². The van der Waals surface area contributed by atoms with Crippen molar-refractivity contribution in [1.82, 2.24) is 15.0 Å². The predicted molar refractivity (Wildman–Crippen MR) is 104 cm³/mol. The number of benzene rings is 2. The van der Waals surface area contributed by atoms with Gasteiger partial charge in [-0.1, -0.05) is 0 Å². The lowest BCUT2D eigenvalue weighted by Crippen LogP contribution is -2.09. The first kappa shape index (κ1) is 17.0. The highest BCUT2D eigenvalue weighted by molar-refractivity contribution is 7.21. The Balaban J connectivity index is 1.89. The summed E-state index contributed by atoms with van der Waals surface area (Å²) in [6.45, 7) is 0. The Morgan fingerprint density at radius 2 is 1.93 bits per heavy atom. The van der Waals surface area contributed by atoms with E-state index in [0.29, 0.717) is 22.8 Å². The van der Waals surface area contributed by atoms with Gasteiger partial charge in [0.05, 0.1) is 41.0 Å². The largest absolute Gasteiger partial charge is 0.497 e. The number of methoxy groups -OCH3 is 2. The van der Waals surface area contributed by atoms with Crippen LogP contribution in [-0.4, -0.2) is 35.1 Å². The number of nitrogens with zero attached hydrogens (tertiary/aromatic N) is 3. The number of hydrogen-bond donors (Lipinski definition) is 2. The number of nitrogens with one attached hydrogen (secondary N) is 1. The van der Waals surface area contributed by atoms with E-state index in [2.05, 4.69) is 20.3 Å². The number of amides is 1. The second kappa shape index (κ2) is 6.69. The molecule has 0 fully saturated rings. The van der Waals surface area contributed by atoms with Crippen LogP contribution in [0.1, 0.15) is 9.80 Å². The van der Waals surface area contributed by atoms with E-state index in [9.17, 15) is 4.79 Å². The first-order valence-corrected chi connectivity index (χ1v) is 8.75. The molecule has 0 aliphatic heterocycles. The lowest BCUT2D eigenvalue weighted by atomic mass is 10.2. The molecule has 1 amide bonds. The fraction of sp³-hybridized carbons (Fsp3) is 0.111. The molecule has 27 heavy (non-hydrogen) atoms. The summed E-state index contributed by atoms with van der Waals surface area (Å²) >= 11 is 1.22. The van der Waals surface area contributed by atoms with Crippen LogP contribution in [0.3, 0.4) is 0 Å². The molecule has 0 aliphatic carbocycles. The molecule has 136 valence electrons. The van der Waals surface area contributed by atoms with Crippen molar-refractivity contribution in [2.24, 2.45) is 5.73 Å². The Bertz CT molecular complexity index is 1170. The number of nitrogens with two attached hydrogens (primary N) is 1. The molecular formula is C18H15N5O3S. The van der Waals surface area contributed by atoms with E-state index >= 15 is 0 Å². The monoisotopic (exact) mass is 381 g/mol. The number of aromatic nitrogens is 3. The topological polar surface area (TPSA) is 112 Å². The molecule has 0 saturated carbocycles. The predicted octanol–water partition coefficient (Wildman–Crippen LogP) is 3.10. The number of primary amides is 1. The van der Waals surface area contributed by atoms with E-state index in [0.717, 1.165) is 21.3 Å². The van der Waals surface area contributed by atoms with Crippen molar-refractivity contribution in [3.8, 4) is 11.5 Å². The van der Waals surface area contributed by atoms with Crippen LogP contribution in [0, 0.1) is 0 Å². The Labute approximate surface area is 158 Å². The van der Waals surface area contributed by atoms with Gasteiger partial charge < -0.3 is 20.5 Å². The number of rotatable bonds is 5. The van der Waals surface area contributed by atoms with E-state index in [1.165, 1.54) is 17.7 Å². The van der Waals surface area contributed by atoms with Gasteiger partial charge in [0.25, 0.3) is 5.91 Å². The van der Waals surface area contributed by atoms with Crippen LogP contribution < -0.4 is 20.5 Å². The van der Waals surface area contributed by atoms with Gasteiger partial charge in [-0.2, -0.15) is 0 Å². The Hall–Kier alpha value is -3.46. The summed E-state index contributed by atoms with van der Waals surface area (Å²) in [5, 5.41) is 4.29. The van der Waals surface area contributed by atoms with Gasteiger partial charge in [-0.25, -0.2) is 15.0 Å². The van der Waals surface area contributed by atoms with Gasteiger partial charge in [-0.05, 0) is 24.3 Å². The maximum Gasteiger partial charge on any atom is 0.277 e. The Morgan fingerprint density at radius 3 is 2.67 bits per heavy atom. The first-order valence-electron chi connectivity index (χ1n) is 7.94. The highest BCUT2D eigenvalue weighted by Gasteiger charge is 2.16. The van der Waals surface area contributed by atoms with Crippen LogP contribution in [0.25, 0.3) is 21.1 Å². The Kier molecular flexibility index (Phi) is 4.21. The standard InChI is InChI=1S/C18H15N5O3S/c1-25-9-3-4-10(13(7-9)26-2)22-17-14-11(20-8-21-17)5-6-12-15(14)27-18(23-12)16(19)24/h3-8H,1-2H3,(H2,19,24)(H,20,21,22). The zero-order valence-corrected chi connectivity index (χ0v) is 15.3. The molecule has 0 unspecified atom stereocenters. The highest BCUT2D eigenvalue weighted by Crippen LogP contribution is 2.36. The van der Waals surface area contributed by atoms with Gasteiger partial charge in [0.15, 0.2) is 5.01 Å². The zero-order chi connectivity index (χ0) is 19.0. The number of carbonyl (C=O) groups excluding carboxylic acids is 1.